The zero-order valence-electron chi connectivity index (χ0n) is 39.2. The fraction of sp³-hybridized carbons (Fsp3) is 0.176. The van der Waals surface area contributed by atoms with Crippen molar-refractivity contribution in [3.8, 4) is 67.5 Å². The quantitative estimate of drug-likeness (QED) is 0.169. The molecule has 0 saturated carbocycles. The number of phenols is 1. The number of aromatic nitrogens is 3. The standard InChI is InChI=1S/C51H46N3O.Pt/c1-33-20-22-34(23-21-33)36-26-27-52-45(31-36)38-28-37(29-39(30-38)50(2,3)4)42-17-13-18-46-48(42)53-49(43-16-11-12-19-47(43)55)54(46)40-24-25-41(35-14-9-8-10-15-35)44(32-40)51(5,6)7;/h8-27,29-32,55H,1-7H3;/q-1;/i1D3,20D,21D,22D,23D;. The van der Waals surface area contributed by atoms with Gasteiger partial charge in [0.15, 0.2) is 0 Å². The Labute approximate surface area is 355 Å². The monoisotopic (exact) mass is 918 g/mol. The second-order valence-electron chi connectivity index (χ2n) is 15.9. The van der Waals surface area contributed by atoms with Crippen LogP contribution in [0.15, 0.2) is 146 Å². The third-order valence-corrected chi connectivity index (χ3v) is 9.96. The van der Waals surface area contributed by atoms with Gasteiger partial charge in [-0.15, -0.1) is 29.3 Å². The second kappa shape index (κ2) is 15.2. The maximum atomic E-state index is 11.3. The molecular formula is C51H46N3OPt-. The summed E-state index contributed by atoms with van der Waals surface area (Å²) in [6.07, 6.45) is 1.54. The molecular weight excluding hydrogens is 866 g/mol. The van der Waals surface area contributed by atoms with Gasteiger partial charge in [0.05, 0.1) is 22.1 Å². The van der Waals surface area contributed by atoms with Crippen LogP contribution in [0.1, 0.15) is 67.8 Å². The molecule has 0 spiro atoms. The molecule has 5 heteroatoms. The van der Waals surface area contributed by atoms with Gasteiger partial charge in [0.2, 0.25) is 0 Å². The summed E-state index contributed by atoms with van der Waals surface area (Å²) in [4.78, 5) is 10.0. The Kier molecular flexibility index (Phi) is 8.29. The van der Waals surface area contributed by atoms with E-state index in [0.717, 1.165) is 44.6 Å². The number of imidazole rings is 1. The molecule has 6 aromatic carbocycles. The molecule has 0 fully saturated rings. The molecule has 282 valence electrons. The van der Waals surface area contributed by atoms with E-state index in [9.17, 15) is 5.11 Å². The first kappa shape index (κ1) is 30.6. The van der Waals surface area contributed by atoms with Gasteiger partial charge in [-0.2, -0.15) is 0 Å². The van der Waals surface area contributed by atoms with Crippen LogP contribution in [0.5, 0.6) is 5.75 Å². The first-order chi connectivity index (χ1) is 29.2. The average Bonchev–Trinajstić information content (AvgIpc) is 3.62. The van der Waals surface area contributed by atoms with Crippen molar-refractivity contribution in [2.45, 2.75) is 59.2 Å². The minimum absolute atomic E-state index is 0. The molecule has 8 rings (SSSR count). The zero-order valence-corrected chi connectivity index (χ0v) is 34.4. The van der Waals surface area contributed by atoms with Gasteiger partial charge in [-0.25, -0.2) is 4.98 Å². The van der Waals surface area contributed by atoms with Crippen LogP contribution >= 0.6 is 0 Å². The van der Waals surface area contributed by atoms with Gasteiger partial charge in [-0.1, -0.05) is 149 Å². The topological polar surface area (TPSA) is 50.9 Å². The van der Waals surface area contributed by atoms with Crippen LogP contribution < -0.4 is 0 Å². The average molecular weight is 919 g/mol. The molecule has 0 radical (unpaired) electrons. The van der Waals surface area contributed by atoms with Crippen molar-refractivity contribution in [1.82, 2.24) is 14.5 Å². The normalized spacial score (nSPS) is 13.8. The number of rotatable bonds is 6. The van der Waals surface area contributed by atoms with Crippen LogP contribution in [-0.2, 0) is 31.9 Å². The largest absolute Gasteiger partial charge is 0.507 e. The molecule has 1 N–H and O–H groups in total. The number of hydrogen-bond acceptors (Lipinski definition) is 3. The van der Waals surface area contributed by atoms with E-state index in [1.807, 2.05) is 54.6 Å². The Morgan fingerprint density at radius 1 is 0.661 bits per heavy atom. The van der Waals surface area contributed by atoms with Gasteiger partial charge in [-0.05, 0) is 81.9 Å². The SMILES string of the molecule is [2H]c1c([2H])c(C([2H])([2H])[2H])c([2H])c([2H])c1-c1ccnc(-c2[c-]c(-c3cccc4c3nc(-c3ccccc3O)n4-c3ccc(-c4ccccc4)c(C(C)(C)C)c3)cc(C(C)(C)C)c2)c1.[Pt]. The smallest absolute Gasteiger partial charge is 0.148 e. The van der Waals surface area contributed by atoms with Crippen LogP contribution in [-0.4, -0.2) is 19.6 Å². The molecule has 8 aromatic rings. The molecule has 0 saturated heterocycles. The second-order valence-corrected chi connectivity index (χ2v) is 15.9. The molecule has 0 atom stereocenters. The minimum Gasteiger partial charge on any atom is -0.507 e. The summed E-state index contributed by atoms with van der Waals surface area (Å²) in [6.45, 7) is 10.2. The number of para-hydroxylation sites is 2. The van der Waals surface area contributed by atoms with Gasteiger partial charge in [0, 0.05) is 42.8 Å². The van der Waals surface area contributed by atoms with E-state index in [-0.39, 0.29) is 43.2 Å². The summed E-state index contributed by atoms with van der Waals surface area (Å²) in [5.41, 5.74) is 9.29. The number of phenolic OH excluding ortho intramolecular Hbond substituents is 1. The van der Waals surface area contributed by atoms with E-state index < -0.39 is 36.6 Å². The Morgan fingerprint density at radius 2 is 1.38 bits per heavy atom. The van der Waals surface area contributed by atoms with Crippen LogP contribution in [0.3, 0.4) is 0 Å². The number of benzene rings is 6. The predicted molar refractivity (Wildman–Crippen MR) is 229 cm³/mol. The van der Waals surface area contributed by atoms with Crippen molar-refractivity contribution in [2.75, 3.05) is 0 Å². The van der Waals surface area contributed by atoms with E-state index in [4.69, 9.17) is 19.6 Å². The number of hydrogen-bond donors (Lipinski definition) is 1. The molecule has 0 aliphatic rings. The van der Waals surface area contributed by atoms with E-state index >= 15 is 0 Å². The Balaban J connectivity index is 0.00000595. The van der Waals surface area contributed by atoms with E-state index in [2.05, 4.69) is 88.6 Å². The molecule has 2 aromatic heterocycles. The Morgan fingerprint density at radius 3 is 2.09 bits per heavy atom. The third kappa shape index (κ3) is 7.51. The van der Waals surface area contributed by atoms with Gasteiger partial charge < -0.3 is 5.11 Å². The maximum absolute atomic E-state index is 11.3. The van der Waals surface area contributed by atoms with Gasteiger partial charge >= 0.3 is 0 Å². The Hall–Kier alpha value is -5.57. The molecule has 0 bridgehead atoms. The van der Waals surface area contributed by atoms with Crippen molar-refractivity contribution in [1.29, 1.82) is 0 Å². The number of fused-ring (bicyclic) bond motifs is 1. The molecule has 4 nitrogen and oxygen atoms in total. The van der Waals surface area contributed by atoms with Crippen LogP contribution in [0.2, 0.25) is 0 Å². The Bertz CT molecular complexity index is 3010. The minimum atomic E-state index is -2.82. The fourth-order valence-corrected chi connectivity index (χ4v) is 7.06. The molecule has 2 heterocycles. The zero-order chi connectivity index (χ0) is 44.5. The fourth-order valence-electron chi connectivity index (χ4n) is 7.06. The van der Waals surface area contributed by atoms with Gasteiger partial charge in [0.1, 0.15) is 11.6 Å². The van der Waals surface area contributed by atoms with Crippen molar-refractivity contribution < 1.29 is 35.8 Å². The van der Waals surface area contributed by atoms with Crippen molar-refractivity contribution in [3.63, 3.8) is 0 Å². The van der Waals surface area contributed by atoms with Crippen molar-refractivity contribution in [3.05, 3.63) is 168 Å². The summed E-state index contributed by atoms with van der Waals surface area (Å²) in [6, 6.07) is 39.0. The van der Waals surface area contributed by atoms with Crippen LogP contribution in [0.25, 0.3) is 72.7 Å². The summed E-state index contributed by atoms with van der Waals surface area (Å²) >= 11 is 0. The molecule has 0 aliphatic carbocycles. The van der Waals surface area contributed by atoms with Crippen molar-refractivity contribution >= 4 is 11.0 Å². The molecule has 0 aliphatic heterocycles. The van der Waals surface area contributed by atoms with Crippen molar-refractivity contribution in [2.24, 2.45) is 0 Å². The maximum Gasteiger partial charge on any atom is 0.148 e. The molecule has 0 unspecified atom stereocenters. The summed E-state index contributed by atoms with van der Waals surface area (Å²) < 4.78 is 60.2. The first-order valence-electron chi connectivity index (χ1n) is 21.9. The summed E-state index contributed by atoms with van der Waals surface area (Å²) in [5.74, 6) is 0.677. The number of aromatic hydroxyl groups is 1. The van der Waals surface area contributed by atoms with E-state index in [1.54, 1.807) is 30.5 Å². The van der Waals surface area contributed by atoms with Crippen LogP contribution in [0, 0.1) is 12.9 Å². The third-order valence-electron chi connectivity index (χ3n) is 9.96. The van der Waals surface area contributed by atoms with Gasteiger partial charge in [-0.3, -0.25) is 9.55 Å². The number of nitrogens with zero attached hydrogens (tertiary/aromatic N) is 3. The van der Waals surface area contributed by atoms with Gasteiger partial charge in [0.25, 0.3) is 0 Å². The summed E-state index contributed by atoms with van der Waals surface area (Å²) in [5, 5.41) is 11.3. The molecule has 56 heavy (non-hydrogen) atoms. The first-order valence-corrected chi connectivity index (χ1v) is 18.4. The summed E-state index contributed by atoms with van der Waals surface area (Å²) in [7, 11) is 0. The predicted octanol–water partition coefficient (Wildman–Crippen LogP) is 13.2. The van der Waals surface area contributed by atoms with E-state index in [1.165, 1.54) is 0 Å². The van der Waals surface area contributed by atoms with E-state index in [0.29, 0.717) is 33.7 Å². The molecule has 0 amide bonds. The van der Waals surface area contributed by atoms with Crippen LogP contribution in [0.4, 0.5) is 0 Å². The number of pyridine rings is 1.